The molecule has 0 saturated heterocycles. The molecule has 0 N–H and O–H groups in total. The first-order valence-corrected chi connectivity index (χ1v) is 9.54. The Labute approximate surface area is 148 Å². The molecule has 2 rings (SSSR count). The fourth-order valence-corrected chi connectivity index (χ4v) is 3.18. The van der Waals surface area contributed by atoms with E-state index in [1.54, 1.807) is 0 Å². The van der Waals surface area contributed by atoms with Gasteiger partial charge in [0.2, 0.25) is 0 Å². The molecule has 0 heterocycles. The van der Waals surface area contributed by atoms with Crippen LogP contribution in [0.5, 0.6) is 0 Å². The van der Waals surface area contributed by atoms with Crippen LogP contribution in [0.15, 0.2) is 55.1 Å². The second-order valence-electron chi connectivity index (χ2n) is 6.87. The van der Waals surface area contributed by atoms with E-state index in [1.807, 2.05) is 6.08 Å². The zero-order chi connectivity index (χ0) is 17.2. The van der Waals surface area contributed by atoms with Crippen molar-refractivity contribution in [3.05, 3.63) is 66.3 Å². The van der Waals surface area contributed by atoms with Crippen molar-refractivity contribution in [1.82, 2.24) is 0 Å². The first-order chi connectivity index (χ1) is 11.7. The van der Waals surface area contributed by atoms with Crippen LogP contribution in [-0.4, -0.2) is 0 Å². The molecule has 0 aliphatic heterocycles. The maximum Gasteiger partial charge on any atom is -0.0178 e. The van der Waals surface area contributed by atoms with Crippen LogP contribution in [0.25, 0.3) is 16.8 Å². The van der Waals surface area contributed by atoms with Gasteiger partial charge in [0.15, 0.2) is 0 Å². The largest absolute Gasteiger partial charge is 0.0999 e. The summed E-state index contributed by atoms with van der Waals surface area (Å²) in [7, 11) is 0. The van der Waals surface area contributed by atoms with Crippen LogP contribution in [0.2, 0.25) is 0 Å². The van der Waals surface area contributed by atoms with E-state index in [4.69, 9.17) is 0 Å². The monoisotopic (exact) mass is 320 g/mol. The third kappa shape index (κ3) is 6.00. The molecule has 0 saturated carbocycles. The fourth-order valence-electron chi connectivity index (χ4n) is 3.18. The summed E-state index contributed by atoms with van der Waals surface area (Å²) >= 11 is 0. The Kier molecular flexibility index (Phi) is 7.82. The van der Waals surface area contributed by atoms with Crippen LogP contribution in [0.1, 0.15) is 69.4 Å². The number of fused-ring (bicyclic) bond motifs is 1. The Bertz CT molecular complexity index is 663. The van der Waals surface area contributed by atoms with Crippen LogP contribution in [0.4, 0.5) is 0 Å². The minimum Gasteiger partial charge on any atom is -0.0999 e. The van der Waals surface area contributed by atoms with E-state index in [-0.39, 0.29) is 0 Å². The first-order valence-electron chi connectivity index (χ1n) is 9.54. The van der Waals surface area contributed by atoms with Crippen molar-refractivity contribution in [2.45, 2.75) is 64.7 Å². The molecule has 0 spiro atoms. The highest BCUT2D eigenvalue weighted by molar-refractivity contribution is 5.85. The maximum atomic E-state index is 4.08. The molecule has 0 radical (unpaired) electrons. The molecule has 128 valence electrons. The van der Waals surface area contributed by atoms with Crippen LogP contribution >= 0.6 is 0 Å². The van der Waals surface area contributed by atoms with E-state index in [1.165, 1.54) is 78.8 Å². The normalized spacial score (nSPS) is 10.9. The summed E-state index contributed by atoms with van der Waals surface area (Å²) in [4.78, 5) is 0. The van der Waals surface area contributed by atoms with Crippen molar-refractivity contribution < 1.29 is 0 Å². The van der Waals surface area contributed by atoms with Gasteiger partial charge in [-0.15, -0.1) is 0 Å². The smallest absolute Gasteiger partial charge is 0.0178 e. The van der Waals surface area contributed by atoms with Crippen LogP contribution in [0, 0.1) is 0 Å². The Morgan fingerprint density at radius 1 is 0.875 bits per heavy atom. The van der Waals surface area contributed by atoms with Gasteiger partial charge in [-0.3, -0.25) is 0 Å². The van der Waals surface area contributed by atoms with Gasteiger partial charge in [0.05, 0.1) is 0 Å². The lowest BCUT2D eigenvalue weighted by Crippen LogP contribution is -1.87. The Morgan fingerprint density at radius 3 is 2.29 bits per heavy atom. The maximum absolute atomic E-state index is 4.08. The molecule has 2 aromatic rings. The molecular weight excluding hydrogens is 288 g/mol. The summed E-state index contributed by atoms with van der Waals surface area (Å²) in [6.45, 7) is 10.1. The second-order valence-corrected chi connectivity index (χ2v) is 6.87. The molecule has 24 heavy (non-hydrogen) atoms. The standard InChI is InChI=1S/C24H32/c1-4-20(3)12-10-8-6-7-9-11-13-22-15-17-23-18-21(5-2)14-16-24(23)19-22/h5,14-19H,2-4,6-13H2,1H3. The highest BCUT2D eigenvalue weighted by atomic mass is 14.0. The third-order valence-electron chi connectivity index (χ3n) is 4.91. The molecule has 0 heteroatoms. The van der Waals surface area contributed by atoms with Gasteiger partial charge in [-0.2, -0.15) is 0 Å². The number of benzene rings is 2. The molecule has 0 amide bonds. The van der Waals surface area contributed by atoms with Crippen molar-refractivity contribution >= 4 is 16.8 Å². The zero-order valence-electron chi connectivity index (χ0n) is 15.3. The van der Waals surface area contributed by atoms with Gasteiger partial charge in [-0.05, 0) is 60.1 Å². The van der Waals surface area contributed by atoms with Crippen LogP contribution < -0.4 is 0 Å². The van der Waals surface area contributed by atoms with E-state index >= 15 is 0 Å². The molecule has 0 bridgehead atoms. The van der Waals surface area contributed by atoms with Gasteiger partial charge in [-0.1, -0.05) is 87.7 Å². The predicted molar refractivity (Wildman–Crippen MR) is 109 cm³/mol. The molecule has 0 fully saturated rings. The fraction of sp³-hybridized carbons (Fsp3) is 0.417. The SMILES string of the molecule is C=Cc1ccc2cc(CCCCCCCCC(=C)CC)ccc2c1. The van der Waals surface area contributed by atoms with Crippen molar-refractivity contribution in [1.29, 1.82) is 0 Å². The molecule has 0 aromatic heterocycles. The lowest BCUT2D eigenvalue weighted by atomic mass is 10.00. The van der Waals surface area contributed by atoms with Gasteiger partial charge in [0.25, 0.3) is 0 Å². The van der Waals surface area contributed by atoms with Gasteiger partial charge < -0.3 is 0 Å². The van der Waals surface area contributed by atoms with Crippen molar-refractivity contribution in [3.8, 4) is 0 Å². The summed E-state index contributed by atoms with van der Waals surface area (Å²) in [5, 5.41) is 2.65. The number of unbranched alkanes of at least 4 members (excludes halogenated alkanes) is 5. The summed E-state index contributed by atoms with van der Waals surface area (Å²) < 4.78 is 0. The summed E-state index contributed by atoms with van der Waals surface area (Å²) in [6.07, 6.45) is 13.6. The zero-order valence-corrected chi connectivity index (χ0v) is 15.3. The van der Waals surface area contributed by atoms with Crippen molar-refractivity contribution in [2.75, 3.05) is 0 Å². The van der Waals surface area contributed by atoms with Crippen molar-refractivity contribution in [3.63, 3.8) is 0 Å². The van der Waals surface area contributed by atoms with E-state index < -0.39 is 0 Å². The molecule has 0 unspecified atom stereocenters. The Morgan fingerprint density at radius 2 is 1.54 bits per heavy atom. The van der Waals surface area contributed by atoms with Crippen LogP contribution in [-0.2, 0) is 6.42 Å². The predicted octanol–water partition coefficient (Wildman–Crippen LogP) is 7.72. The lowest BCUT2D eigenvalue weighted by Gasteiger charge is -2.06. The number of rotatable bonds is 11. The quantitative estimate of drug-likeness (QED) is 0.293. The average molecular weight is 321 g/mol. The molecule has 0 atom stereocenters. The van der Waals surface area contributed by atoms with E-state index in [2.05, 4.69) is 56.5 Å². The van der Waals surface area contributed by atoms with Crippen LogP contribution in [0.3, 0.4) is 0 Å². The molecule has 0 aliphatic rings. The highest BCUT2D eigenvalue weighted by Gasteiger charge is 1.99. The molecule has 2 aromatic carbocycles. The first kappa shape index (κ1) is 18.5. The highest BCUT2D eigenvalue weighted by Crippen LogP contribution is 2.20. The Hall–Kier alpha value is -1.82. The molecule has 0 nitrogen and oxygen atoms in total. The second kappa shape index (κ2) is 10.1. The minimum absolute atomic E-state index is 1.14. The van der Waals surface area contributed by atoms with Gasteiger partial charge >= 0.3 is 0 Å². The lowest BCUT2D eigenvalue weighted by molar-refractivity contribution is 0.591. The summed E-state index contributed by atoms with van der Waals surface area (Å²) in [5.41, 5.74) is 4.07. The number of hydrogen-bond donors (Lipinski definition) is 0. The Balaban J connectivity index is 1.66. The van der Waals surface area contributed by atoms with Crippen molar-refractivity contribution in [2.24, 2.45) is 0 Å². The molecule has 0 aliphatic carbocycles. The minimum atomic E-state index is 1.14. The summed E-state index contributed by atoms with van der Waals surface area (Å²) in [6, 6.07) is 13.4. The summed E-state index contributed by atoms with van der Waals surface area (Å²) in [5.74, 6) is 0. The van der Waals surface area contributed by atoms with E-state index in [0.29, 0.717) is 0 Å². The number of allylic oxidation sites excluding steroid dienone is 1. The molecular formula is C24H32. The van der Waals surface area contributed by atoms with E-state index in [0.717, 1.165) is 6.42 Å². The van der Waals surface area contributed by atoms with Gasteiger partial charge in [0.1, 0.15) is 0 Å². The van der Waals surface area contributed by atoms with Gasteiger partial charge in [0, 0.05) is 0 Å². The average Bonchev–Trinajstić information content (AvgIpc) is 2.63. The topological polar surface area (TPSA) is 0 Å². The third-order valence-corrected chi connectivity index (χ3v) is 4.91. The number of aryl methyl sites for hydroxylation is 1. The number of hydrogen-bond acceptors (Lipinski definition) is 0. The van der Waals surface area contributed by atoms with E-state index in [9.17, 15) is 0 Å². The van der Waals surface area contributed by atoms with Gasteiger partial charge in [-0.25, -0.2) is 0 Å².